The summed E-state index contributed by atoms with van der Waals surface area (Å²) in [6, 6.07) is 31.9. The maximum absolute atomic E-state index is 14.2. The molecule has 0 bridgehead atoms. The van der Waals surface area contributed by atoms with Crippen molar-refractivity contribution in [3.63, 3.8) is 0 Å². The molecular formula is C35H34N2O4. The minimum Gasteiger partial charge on any atom is -0.497 e. The third kappa shape index (κ3) is 5.55. The number of amides is 2. The number of nitrogens with one attached hydrogen (secondary N) is 1. The first kappa shape index (κ1) is 26.6. The summed E-state index contributed by atoms with van der Waals surface area (Å²) in [5, 5.41) is 3.15. The number of methoxy groups -OCH3 is 1. The minimum absolute atomic E-state index is 0.000202. The van der Waals surface area contributed by atoms with Gasteiger partial charge in [0.05, 0.1) is 19.1 Å². The number of ether oxygens (including phenoxy) is 2. The Balaban J connectivity index is 1.35. The largest absolute Gasteiger partial charge is 0.497 e. The topological polar surface area (TPSA) is 67.9 Å². The number of fused-ring (bicyclic) bond motifs is 1. The van der Waals surface area contributed by atoms with Gasteiger partial charge < -0.3 is 19.7 Å². The van der Waals surface area contributed by atoms with Crippen molar-refractivity contribution in [1.82, 2.24) is 4.90 Å². The van der Waals surface area contributed by atoms with Crippen LogP contribution in [0.1, 0.15) is 65.5 Å². The number of benzene rings is 4. The monoisotopic (exact) mass is 546 g/mol. The lowest BCUT2D eigenvalue weighted by atomic mass is 9.77. The zero-order valence-corrected chi connectivity index (χ0v) is 23.2. The van der Waals surface area contributed by atoms with Crippen LogP contribution in [0.4, 0.5) is 5.69 Å². The molecular weight excluding hydrogens is 512 g/mol. The van der Waals surface area contributed by atoms with Gasteiger partial charge in [0.15, 0.2) is 0 Å². The van der Waals surface area contributed by atoms with Gasteiger partial charge >= 0.3 is 0 Å². The smallest absolute Gasteiger partial charge is 0.254 e. The molecule has 2 aliphatic rings. The highest BCUT2D eigenvalue weighted by Gasteiger charge is 2.46. The van der Waals surface area contributed by atoms with Crippen molar-refractivity contribution >= 4 is 17.5 Å². The van der Waals surface area contributed by atoms with Crippen molar-refractivity contribution < 1.29 is 19.1 Å². The van der Waals surface area contributed by atoms with Gasteiger partial charge in [0, 0.05) is 17.3 Å². The molecule has 4 aromatic rings. The lowest BCUT2D eigenvalue weighted by molar-refractivity contribution is -0.119. The molecule has 1 fully saturated rings. The molecule has 2 amide bonds. The van der Waals surface area contributed by atoms with Crippen LogP contribution in [0.25, 0.3) is 0 Å². The summed E-state index contributed by atoms with van der Waals surface area (Å²) in [4.78, 5) is 30.3. The molecule has 1 N–H and O–H groups in total. The fourth-order valence-corrected chi connectivity index (χ4v) is 6.20. The SMILES string of the molecule is COc1ccc([C@H]2[C@@H](C(=O)Nc3ccc(Oc4ccccc4)cc3)c3ccccc3C(=O)N2C2CCCCC2)cc1. The number of hydrogen-bond acceptors (Lipinski definition) is 4. The van der Waals surface area contributed by atoms with E-state index in [1.54, 1.807) is 7.11 Å². The van der Waals surface area contributed by atoms with Crippen molar-refractivity contribution in [2.75, 3.05) is 12.4 Å². The Labute approximate surface area is 240 Å². The first-order chi connectivity index (χ1) is 20.1. The van der Waals surface area contributed by atoms with Crippen LogP contribution in [-0.2, 0) is 4.79 Å². The summed E-state index contributed by atoms with van der Waals surface area (Å²) in [7, 11) is 1.64. The van der Waals surface area contributed by atoms with Crippen molar-refractivity contribution in [1.29, 1.82) is 0 Å². The van der Waals surface area contributed by atoms with E-state index >= 15 is 0 Å². The van der Waals surface area contributed by atoms with E-state index in [4.69, 9.17) is 9.47 Å². The molecule has 0 unspecified atom stereocenters. The maximum Gasteiger partial charge on any atom is 0.254 e. The van der Waals surface area contributed by atoms with Crippen LogP contribution in [0.3, 0.4) is 0 Å². The number of nitrogens with zero attached hydrogens (tertiary/aromatic N) is 1. The number of carbonyl (C=O) groups is 2. The van der Waals surface area contributed by atoms with E-state index in [0.29, 0.717) is 17.0 Å². The summed E-state index contributed by atoms with van der Waals surface area (Å²) in [6.45, 7) is 0. The normalized spacial score (nSPS) is 18.9. The van der Waals surface area contributed by atoms with Gasteiger partial charge in [-0.3, -0.25) is 9.59 Å². The minimum atomic E-state index is -0.584. The number of carbonyl (C=O) groups excluding carboxylic acids is 2. The molecule has 0 radical (unpaired) electrons. The van der Waals surface area contributed by atoms with E-state index in [2.05, 4.69) is 5.32 Å². The summed E-state index contributed by atoms with van der Waals surface area (Å²) in [5.41, 5.74) is 2.95. The second-order valence-corrected chi connectivity index (χ2v) is 10.7. The van der Waals surface area contributed by atoms with E-state index in [-0.39, 0.29) is 17.9 Å². The van der Waals surface area contributed by atoms with E-state index < -0.39 is 12.0 Å². The molecule has 0 spiro atoms. The average Bonchev–Trinajstić information content (AvgIpc) is 3.03. The predicted molar refractivity (Wildman–Crippen MR) is 160 cm³/mol. The van der Waals surface area contributed by atoms with Gasteiger partial charge in [0.25, 0.3) is 5.91 Å². The summed E-state index contributed by atoms with van der Waals surface area (Å²) in [5.74, 6) is 1.43. The highest BCUT2D eigenvalue weighted by Crippen LogP contribution is 2.46. The molecule has 0 saturated heterocycles. The summed E-state index contributed by atoms with van der Waals surface area (Å²) in [6.07, 6.45) is 5.23. The number of para-hydroxylation sites is 1. The number of rotatable bonds is 7. The van der Waals surface area contributed by atoms with Crippen LogP contribution in [0, 0.1) is 0 Å². The van der Waals surface area contributed by atoms with Crippen LogP contribution in [0.5, 0.6) is 17.2 Å². The molecule has 4 aromatic carbocycles. The number of hydrogen-bond donors (Lipinski definition) is 1. The zero-order chi connectivity index (χ0) is 28.2. The van der Waals surface area contributed by atoms with Gasteiger partial charge in [-0.2, -0.15) is 0 Å². The fourth-order valence-electron chi connectivity index (χ4n) is 6.20. The molecule has 6 rings (SSSR count). The molecule has 41 heavy (non-hydrogen) atoms. The lowest BCUT2D eigenvalue weighted by Gasteiger charge is -2.46. The standard InChI is InChI=1S/C35H34N2O4/c1-40-27-20-16-24(17-21-27)33-32(30-14-8-9-15-31(30)35(39)37(33)26-10-4-2-5-11-26)34(38)36-25-18-22-29(23-19-25)41-28-12-6-3-7-13-28/h3,6-9,12-23,26,32-33H,2,4-5,10-11H2,1H3,(H,36,38)/t32-,33-/m0/s1. The Hall–Kier alpha value is -4.58. The third-order valence-corrected chi connectivity index (χ3v) is 8.18. The van der Waals surface area contributed by atoms with Gasteiger partial charge in [0.2, 0.25) is 5.91 Å². The zero-order valence-electron chi connectivity index (χ0n) is 23.2. The molecule has 2 atom stereocenters. The van der Waals surface area contributed by atoms with Gasteiger partial charge in [-0.1, -0.05) is 67.8 Å². The summed E-state index contributed by atoms with van der Waals surface area (Å²) < 4.78 is 11.3. The molecule has 1 heterocycles. The van der Waals surface area contributed by atoms with Crippen molar-refractivity contribution in [3.8, 4) is 17.2 Å². The first-order valence-corrected chi connectivity index (χ1v) is 14.3. The Morgan fingerprint density at radius 3 is 2.10 bits per heavy atom. The van der Waals surface area contributed by atoms with Crippen LogP contribution >= 0.6 is 0 Å². The van der Waals surface area contributed by atoms with E-state index in [1.165, 1.54) is 6.42 Å². The molecule has 0 aromatic heterocycles. The molecule has 1 aliphatic heterocycles. The Bertz CT molecular complexity index is 1500. The molecule has 6 heteroatoms. The second-order valence-electron chi connectivity index (χ2n) is 10.7. The first-order valence-electron chi connectivity index (χ1n) is 14.3. The van der Waals surface area contributed by atoms with Crippen molar-refractivity contribution in [2.45, 2.75) is 50.1 Å². The van der Waals surface area contributed by atoms with Crippen molar-refractivity contribution in [3.05, 3.63) is 120 Å². The third-order valence-electron chi connectivity index (χ3n) is 8.18. The van der Waals surface area contributed by atoms with E-state index in [1.807, 2.05) is 108 Å². The van der Waals surface area contributed by atoms with Gasteiger partial charge in [-0.15, -0.1) is 0 Å². The average molecular weight is 547 g/mol. The van der Waals surface area contributed by atoms with E-state index in [0.717, 1.165) is 48.3 Å². The Morgan fingerprint density at radius 2 is 1.39 bits per heavy atom. The second kappa shape index (κ2) is 11.9. The van der Waals surface area contributed by atoms with Gasteiger partial charge in [-0.25, -0.2) is 0 Å². The lowest BCUT2D eigenvalue weighted by Crippen LogP contribution is -2.51. The molecule has 1 aliphatic carbocycles. The fraction of sp³-hybridized carbons (Fsp3) is 0.257. The summed E-state index contributed by atoms with van der Waals surface area (Å²) >= 11 is 0. The van der Waals surface area contributed by atoms with Gasteiger partial charge in [0.1, 0.15) is 17.2 Å². The quantitative estimate of drug-likeness (QED) is 0.257. The Morgan fingerprint density at radius 1 is 0.756 bits per heavy atom. The highest BCUT2D eigenvalue weighted by atomic mass is 16.5. The van der Waals surface area contributed by atoms with Crippen LogP contribution in [0.2, 0.25) is 0 Å². The number of anilines is 1. The molecule has 6 nitrogen and oxygen atoms in total. The molecule has 208 valence electrons. The molecule has 1 saturated carbocycles. The highest BCUT2D eigenvalue weighted by molar-refractivity contribution is 6.04. The van der Waals surface area contributed by atoms with Gasteiger partial charge in [-0.05, 0) is 78.6 Å². The predicted octanol–water partition coefficient (Wildman–Crippen LogP) is 7.74. The maximum atomic E-state index is 14.2. The van der Waals surface area contributed by atoms with Crippen molar-refractivity contribution in [2.24, 2.45) is 0 Å². The van der Waals surface area contributed by atoms with Crippen LogP contribution in [-0.4, -0.2) is 29.9 Å². The van der Waals surface area contributed by atoms with E-state index in [9.17, 15) is 9.59 Å². The van der Waals surface area contributed by atoms with Crippen LogP contribution < -0.4 is 14.8 Å². The Kier molecular flexibility index (Phi) is 7.72. The van der Waals surface area contributed by atoms with Crippen LogP contribution in [0.15, 0.2) is 103 Å².